The molecule has 1 fully saturated rings. The highest BCUT2D eigenvalue weighted by molar-refractivity contribution is 5.93. The van der Waals surface area contributed by atoms with Gasteiger partial charge in [-0.3, -0.25) is 10.1 Å². The van der Waals surface area contributed by atoms with Gasteiger partial charge in [-0.15, -0.1) is 5.10 Å². The molecule has 3 heterocycles. The van der Waals surface area contributed by atoms with Gasteiger partial charge in [-0.25, -0.2) is 18.9 Å². The van der Waals surface area contributed by atoms with Crippen molar-refractivity contribution in [3.05, 3.63) is 30.1 Å². The summed E-state index contributed by atoms with van der Waals surface area (Å²) in [6.45, 7) is 5.52. The highest BCUT2D eigenvalue weighted by atomic mass is 19.2. The molecule has 4 rings (SSSR count). The molecular weight excluding hydrogens is 380 g/mol. The van der Waals surface area contributed by atoms with Crippen LogP contribution in [0.25, 0.3) is 11.0 Å². The van der Waals surface area contributed by atoms with Crippen LogP contribution in [0.4, 0.5) is 20.7 Å². The number of carbonyl (C=O) groups excluding carboxylic acids is 1. The van der Waals surface area contributed by atoms with Crippen molar-refractivity contribution in [3.63, 3.8) is 0 Å². The highest BCUT2D eigenvalue weighted by Gasteiger charge is 2.27. The van der Waals surface area contributed by atoms with Gasteiger partial charge in [0, 0.05) is 25.2 Å². The van der Waals surface area contributed by atoms with E-state index in [4.69, 9.17) is 0 Å². The lowest BCUT2D eigenvalue weighted by molar-refractivity contribution is -0.120. The summed E-state index contributed by atoms with van der Waals surface area (Å²) in [6.07, 6.45) is 4.81. The van der Waals surface area contributed by atoms with Gasteiger partial charge in [0.1, 0.15) is 6.04 Å². The zero-order valence-electron chi connectivity index (χ0n) is 16.3. The Hall–Kier alpha value is -3.04. The van der Waals surface area contributed by atoms with Crippen LogP contribution in [0.15, 0.2) is 18.5 Å². The zero-order chi connectivity index (χ0) is 20.5. The number of nitrogens with one attached hydrogen (secondary N) is 2. The van der Waals surface area contributed by atoms with Crippen LogP contribution in [0.5, 0.6) is 0 Å². The van der Waals surface area contributed by atoms with Gasteiger partial charge in [0.25, 0.3) is 0 Å². The quantitative estimate of drug-likeness (QED) is 0.682. The molecule has 29 heavy (non-hydrogen) atoms. The summed E-state index contributed by atoms with van der Waals surface area (Å²) in [5, 5.41) is 9.70. The van der Waals surface area contributed by atoms with Crippen LogP contribution in [0, 0.1) is 17.6 Å². The zero-order valence-corrected chi connectivity index (χ0v) is 16.3. The van der Waals surface area contributed by atoms with E-state index in [0.29, 0.717) is 11.5 Å². The van der Waals surface area contributed by atoms with Crippen LogP contribution < -0.4 is 10.2 Å². The number of anilines is 2. The van der Waals surface area contributed by atoms with Crippen LogP contribution in [0.1, 0.15) is 39.2 Å². The number of halogens is 2. The molecule has 1 saturated heterocycles. The van der Waals surface area contributed by atoms with Crippen molar-refractivity contribution in [1.29, 1.82) is 0 Å². The fraction of sp³-hybridized carbons (Fsp3) is 0.474. The van der Waals surface area contributed by atoms with Crippen molar-refractivity contribution in [2.45, 2.75) is 39.2 Å². The average molecular weight is 403 g/mol. The van der Waals surface area contributed by atoms with E-state index >= 15 is 0 Å². The van der Waals surface area contributed by atoms with Crippen molar-refractivity contribution in [2.75, 3.05) is 23.3 Å². The van der Waals surface area contributed by atoms with E-state index in [9.17, 15) is 13.6 Å². The molecule has 1 aromatic carbocycles. The molecule has 1 atom stereocenters. The number of H-pyrrole nitrogens is 1. The van der Waals surface area contributed by atoms with E-state index in [-0.39, 0.29) is 23.3 Å². The molecule has 10 heteroatoms. The lowest BCUT2D eigenvalue weighted by Gasteiger charge is -2.24. The second-order valence-electron chi connectivity index (χ2n) is 7.62. The summed E-state index contributed by atoms with van der Waals surface area (Å²) in [4.78, 5) is 23.6. The molecule has 8 nitrogen and oxygen atoms in total. The number of fused-ring (bicyclic) bond motifs is 1. The molecule has 3 aromatic rings. The van der Waals surface area contributed by atoms with E-state index in [1.165, 1.54) is 12.7 Å². The van der Waals surface area contributed by atoms with Gasteiger partial charge in [-0.1, -0.05) is 13.8 Å². The topological polar surface area (TPSA) is 91.7 Å². The monoisotopic (exact) mass is 403 g/mol. The Kier molecular flexibility index (Phi) is 5.16. The smallest absolute Gasteiger partial charge is 0.250 e. The van der Waals surface area contributed by atoms with Gasteiger partial charge in [0.2, 0.25) is 17.8 Å². The van der Waals surface area contributed by atoms with Gasteiger partial charge >= 0.3 is 0 Å². The first-order valence-corrected chi connectivity index (χ1v) is 9.74. The van der Waals surface area contributed by atoms with E-state index < -0.39 is 17.7 Å². The predicted octanol–water partition coefficient (Wildman–Crippen LogP) is 3.26. The van der Waals surface area contributed by atoms with Crippen LogP contribution in [-0.4, -0.2) is 43.7 Å². The van der Waals surface area contributed by atoms with Gasteiger partial charge < -0.3 is 9.47 Å². The standard InChI is InChI=1S/C19H23F2N7O/c1-11(2)16(28-10-22-14-8-12(20)13(21)9-15(14)28)17(29)23-18-24-19(26-25-18)27-6-4-3-5-7-27/h8-11,16H,3-7H2,1-2H3,(H2,23,24,25,26,29). The van der Waals surface area contributed by atoms with Crippen molar-refractivity contribution in [3.8, 4) is 0 Å². The summed E-state index contributed by atoms with van der Waals surface area (Å²) < 4.78 is 28.8. The van der Waals surface area contributed by atoms with Gasteiger partial charge in [0.15, 0.2) is 11.6 Å². The Morgan fingerprint density at radius 2 is 1.90 bits per heavy atom. The van der Waals surface area contributed by atoms with E-state index in [1.54, 1.807) is 4.57 Å². The molecule has 0 radical (unpaired) electrons. The number of rotatable bonds is 5. The molecular formula is C19H23F2N7O. The van der Waals surface area contributed by atoms with Crippen molar-refractivity contribution in [2.24, 2.45) is 5.92 Å². The molecule has 0 aliphatic carbocycles. The molecule has 2 aromatic heterocycles. The largest absolute Gasteiger partial charge is 0.340 e. The fourth-order valence-corrected chi connectivity index (χ4v) is 3.73. The molecule has 1 unspecified atom stereocenters. The molecule has 1 aliphatic rings. The lowest BCUT2D eigenvalue weighted by atomic mass is 10.0. The van der Waals surface area contributed by atoms with E-state index in [2.05, 4.69) is 30.4 Å². The van der Waals surface area contributed by atoms with Crippen LogP contribution in [-0.2, 0) is 4.79 Å². The number of carbonyl (C=O) groups is 1. The number of nitrogens with zero attached hydrogens (tertiary/aromatic N) is 5. The Morgan fingerprint density at radius 3 is 2.62 bits per heavy atom. The van der Waals surface area contributed by atoms with Crippen LogP contribution >= 0.6 is 0 Å². The Labute approximate surface area is 166 Å². The third-order valence-electron chi connectivity index (χ3n) is 5.17. The summed E-state index contributed by atoms with van der Waals surface area (Å²) in [7, 11) is 0. The third kappa shape index (κ3) is 3.79. The average Bonchev–Trinajstić information content (AvgIpc) is 3.31. The molecule has 1 amide bonds. The number of hydrogen-bond acceptors (Lipinski definition) is 5. The van der Waals surface area contributed by atoms with E-state index in [0.717, 1.165) is 38.1 Å². The maximum absolute atomic E-state index is 13.8. The molecule has 2 N–H and O–H groups in total. The maximum Gasteiger partial charge on any atom is 0.250 e. The summed E-state index contributed by atoms with van der Waals surface area (Å²) in [6, 6.07) is 1.40. The first kappa shape index (κ1) is 19.3. The molecule has 1 aliphatic heterocycles. The van der Waals surface area contributed by atoms with Crippen molar-refractivity contribution >= 4 is 28.8 Å². The van der Waals surface area contributed by atoms with Gasteiger partial charge in [0.05, 0.1) is 17.4 Å². The number of benzene rings is 1. The summed E-state index contributed by atoms with van der Waals surface area (Å²) in [5.41, 5.74) is 0.638. The Morgan fingerprint density at radius 1 is 1.17 bits per heavy atom. The Bertz CT molecular complexity index is 1020. The summed E-state index contributed by atoms with van der Waals surface area (Å²) in [5.74, 6) is -1.62. The minimum absolute atomic E-state index is 0.134. The van der Waals surface area contributed by atoms with E-state index in [1.807, 2.05) is 13.8 Å². The van der Waals surface area contributed by atoms with Gasteiger partial charge in [-0.2, -0.15) is 4.98 Å². The molecule has 0 saturated carbocycles. The van der Waals surface area contributed by atoms with Crippen LogP contribution in [0.2, 0.25) is 0 Å². The van der Waals surface area contributed by atoms with Crippen molar-refractivity contribution in [1.82, 2.24) is 24.7 Å². The van der Waals surface area contributed by atoms with Gasteiger partial charge in [-0.05, 0) is 25.2 Å². The molecule has 154 valence electrons. The molecule has 0 spiro atoms. The predicted molar refractivity (Wildman–Crippen MR) is 105 cm³/mol. The Balaban J connectivity index is 1.57. The molecule has 0 bridgehead atoms. The minimum atomic E-state index is -0.983. The lowest BCUT2D eigenvalue weighted by Crippen LogP contribution is -2.31. The third-order valence-corrected chi connectivity index (χ3v) is 5.17. The summed E-state index contributed by atoms with van der Waals surface area (Å²) >= 11 is 0. The first-order valence-electron chi connectivity index (χ1n) is 9.74. The first-order chi connectivity index (χ1) is 13.9. The maximum atomic E-state index is 13.8. The highest BCUT2D eigenvalue weighted by Crippen LogP contribution is 2.26. The number of aromatic nitrogens is 5. The number of imidazole rings is 1. The normalized spacial score (nSPS) is 15.8. The van der Waals surface area contributed by atoms with Crippen LogP contribution in [0.3, 0.4) is 0 Å². The minimum Gasteiger partial charge on any atom is -0.340 e. The number of piperidine rings is 1. The number of hydrogen-bond donors (Lipinski definition) is 2. The second kappa shape index (κ2) is 7.76. The number of amides is 1. The number of aromatic amines is 1. The SMILES string of the molecule is CC(C)C(C(=O)Nc1nc(N2CCCCC2)n[nH]1)n1cnc2cc(F)c(F)cc21. The fourth-order valence-electron chi connectivity index (χ4n) is 3.73. The van der Waals surface area contributed by atoms with Crippen molar-refractivity contribution < 1.29 is 13.6 Å². The second-order valence-corrected chi connectivity index (χ2v) is 7.62.